The average molecular weight is 783 g/mol. The molecule has 3 saturated carbocycles. The SMILES string of the molecule is CC1OC(OC(C)(C)C=CCC(C)(O)C2CCC3(C)C4CC=C5C(CCC(OC6OC(CO)C(O)C(O)C6O)C5(C)C)C4(C)C(O)CC23C)C(O)C(O)C1O. The standard InChI is InChI=1S/C42H70O13/c1-21-29(45)31(47)34(50)36(52-21)55-37(2,3)16-10-17-41(8,51)25-15-18-39(6)26-13-11-22-23(42(26,9)27(44)19-40(25,39)7)12-14-28(38(22,4)5)54-35-33(49)32(48)30(46)24(20-43)53-35/h10-11,16,21,23-36,43-51H,12-15,17-20H2,1-9H3. The zero-order valence-electron chi connectivity index (χ0n) is 34.2. The van der Waals surface area contributed by atoms with Crippen LogP contribution >= 0.6 is 0 Å². The molecule has 13 heteroatoms. The maximum atomic E-state index is 12.4. The van der Waals surface area contributed by atoms with E-state index < -0.39 is 96.2 Å². The molecule has 0 aromatic carbocycles. The Morgan fingerprint density at radius 1 is 0.818 bits per heavy atom. The van der Waals surface area contributed by atoms with E-state index in [2.05, 4.69) is 40.7 Å². The molecule has 4 aliphatic carbocycles. The first-order valence-electron chi connectivity index (χ1n) is 20.5. The van der Waals surface area contributed by atoms with Crippen LogP contribution in [0.4, 0.5) is 0 Å². The fraction of sp³-hybridized carbons (Fsp3) is 0.905. The van der Waals surface area contributed by atoms with Gasteiger partial charge >= 0.3 is 0 Å². The van der Waals surface area contributed by atoms with Gasteiger partial charge in [-0.25, -0.2) is 0 Å². The van der Waals surface area contributed by atoms with Crippen molar-refractivity contribution in [3.8, 4) is 0 Å². The molecule has 2 aliphatic heterocycles. The smallest absolute Gasteiger partial charge is 0.187 e. The van der Waals surface area contributed by atoms with Gasteiger partial charge in [-0.15, -0.1) is 0 Å². The van der Waals surface area contributed by atoms with E-state index in [-0.39, 0.29) is 34.7 Å². The van der Waals surface area contributed by atoms with Crippen molar-refractivity contribution in [3.05, 3.63) is 23.8 Å². The van der Waals surface area contributed by atoms with Gasteiger partial charge in [0.05, 0.1) is 36.1 Å². The average Bonchev–Trinajstić information content (AvgIpc) is 3.38. The third-order valence-electron chi connectivity index (χ3n) is 16.0. The van der Waals surface area contributed by atoms with Crippen LogP contribution in [0.5, 0.6) is 0 Å². The molecule has 0 amide bonds. The van der Waals surface area contributed by atoms with Gasteiger partial charge < -0.3 is 64.9 Å². The quantitative estimate of drug-likeness (QED) is 0.153. The molecule has 316 valence electrons. The van der Waals surface area contributed by atoms with E-state index in [9.17, 15) is 46.0 Å². The molecule has 13 nitrogen and oxygen atoms in total. The summed E-state index contributed by atoms with van der Waals surface area (Å²) in [6, 6.07) is 0. The van der Waals surface area contributed by atoms with Crippen molar-refractivity contribution in [1.82, 2.24) is 0 Å². The molecule has 9 N–H and O–H groups in total. The van der Waals surface area contributed by atoms with Crippen LogP contribution in [0.2, 0.25) is 0 Å². The summed E-state index contributed by atoms with van der Waals surface area (Å²) >= 11 is 0. The Hall–Kier alpha value is -1.04. The van der Waals surface area contributed by atoms with Crippen LogP contribution < -0.4 is 0 Å². The number of ether oxygens (including phenoxy) is 4. The van der Waals surface area contributed by atoms with Crippen LogP contribution in [-0.2, 0) is 18.9 Å². The zero-order chi connectivity index (χ0) is 40.8. The maximum absolute atomic E-state index is 12.4. The lowest BCUT2D eigenvalue weighted by Crippen LogP contribution is -2.65. The molecule has 6 rings (SSSR count). The van der Waals surface area contributed by atoms with Crippen molar-refractivity contribution in [2.75, 3.05) is 6.61 Å². The van der Waals surface area contributed by atoms with Gasteiger partial charge in [0.15, 0.2) is 12.6 Å². The predicted molar refractivity (Wildman–Crippen MR) is 201 cm³/mol. The second-order valence-corrected chi connectivity index (χ2v) is 20.0. The molecule has 19 unspecified atom stereocenters. The Morgan fingerprint density at radius 3 is 2.11 bits per heavy atom. The van der Waals surface area contributed by atoms with E-state index in [0.29, 0.717) is 19.3 Å². The lowest BCUT2D eigenvalue weighted by molar-refractivity contribution is -0.320. The first kappa shape index (κ1) is 43.5. The molecule has 0 bridgehead atoms. The maximum Gasteiger partial charge on any atom is 0.187 e. The lowest BCUT2D eigenvalue weighted by Gasteiger charge is -2.67. The number of hydrogen-bond acceptors (Lipinski definition) is 13. The second-order valence-electron chi connectivity index (χ2n) is 20.0. The monoisotopic (exact) mass is 782 g/mol. The van der Waals surface area contributed by atoms with Gasteiger partial charge in [0.1, 0.15) is 42.7 Å². The van der Waals surface area contributed by atoms with Crippen LogP contribution in [0.1, 0.15) is 107 Å². The molecule has 0 spiro atoms. The van der Waals surface area contributed by atoms with Crippen molar-refractivity contribution < 1.29 is 64.9 Å². The van der Waals surface area contributed by atoms with Gasteiger partial charge in [0.2, 0.25) is 0 Å². The Labute approximate surface area is 326 Å². The number of aliphatic hydroxyl groups is 9. The normalized spacial score (nSPS) is 51.2. The molecule has 19 atom stereocenters. The summed E-state index contributed by atoms with van der Waals surface area (Å²) in [7, 11) is 0. The summed E-state index contributed by atoms with van der Waals surface area (Å²) in [5.74, 6) is 0.141. The number of fused-ring (bicyclic) bond motifs is 5. The minimum absolute atomic E-state index is 0.0797. The number of rotatable bonds is 9. The van der Waals surface area contributed by atoms with Crippen LogP contribution in [0.25, 0.3) is 0 Å². The highest BCUT2D eigenvalue weighted by molar-refractivity contribution is 5.32. The molecule has 0 radical (unpaired) electrons. The minimum Gasteiger partial charge on any atom is -0.394 e. The first-order valence-corrected chi connectivity index (χ1v) is 20.5. The van der Waals surface area contributed by atoms with Gasteiger partial charge in [-0.3, -0.25) is 0 Å². The number of aliphatic hydroxyl groups excluding tert-OH is 8. The molecule has 5 fully saturated rings. The van der Waals surface area contributed by atoms with Gasteiger partial charge in [-0.2, -0.15) is 0 Å². The first-order chi connectivity index (χ1) is 25.4. The van der Waals surface area contributed by atoms with Crippen LogP contribution in [0.15, 0.2) is 23.8 Å². The summed E-state index contributed by atoms with van der Waals surface area (Å²) in [6.07, 6.45) is -2.78. The van der Waals surface area contributed by atoms with Crippen molar-refractivity contribution in [2.24, 2.45) is 39.4 Å². The minimum atomic E-state index is -1.52. The van der Waals surface area contributed by atoms with Crippen LogP contribution in [0, 0.1) is 39.4 Å². The molecule has 2 heterocycles. The van der Waals surface area contributed by atoms with Gasteiger partial charge in [0, 0.05) is 10.8 Å². The largest absolute Gasteiger partial charge is 0.394 e. The third kappa shape index (κ3) is 7.02. The molecule has 0 aromatic rings. The van der Waals surface area contributed by atoms with Crippen molar-refractivity contribution in [2.45, 2.75) is 192 Å². The van der Waals surface area contributed by atoms with E-state index in [0.717, 1.165) is 25.7 Å². The highest BCUT2D eigenvalue weighted by Gasteiger charge is 2.71. The molecular formula is C42H70O13. The summed E-state index contributed by atoms with van der Waals surface area (Å²) in [5.41, 5.74) is -2.27. The Balaban J connectivity index is 1.17. The topological polar surface area (TPSA) is 219 Å². The van der Waals surface area contributed by atoms with Crippen molar-refractivity contribution in [3.63, 3.8) is 0 Å². The summed E-state index contributed by atoms with van der Waals surface area (Å²) in [4.78, 5) is 0. The lowest BCUT2D eigenvalue weighted by atomic mass is 9.38. The zero-order valence-corrected chi connectivity index (χ0v) is 34.2. The highest BCUT2D eigenvalue weighted by Crippen LogP contribution is 2.75. The summed E-state index contributed by atoms with van der Waals surface area (Å²) < 4.78 is 23.8. The number of hydrogen-bond donors (Lipinski definition) is 9. The van der Waals surface area contributed by atoms with Crippen molar-refractivity contribution >= 4 is 0 Å². The molecule has 2 saturated heterocycles. The van der Waals surface area contributed by atoms with Gasteiger partial charge in [0.25, 0.3) is 0 Å². The van der Waals surface area contributed by atoms with E-state index >= 15 is 0 Å². The summed E-state index contributed by atoms with van der Waals surface area (Å²) in [6.45, 7) is 17.7. The van der Waals surface area contributed by atoms with Crippen LogP contribution in [0.3, 0.4) is 0 Å². The molecule has 0 aromatic heterocycles. The van der Waals surface area contributed by atoms with Crippen LogP contribution in [-0.4, -0.2) is 137 Å². The predicted octanol–water partition coefficient (Wildman–Crippen LogP) is 2.07. The van der Waals surface area contributed by atoms with Gasteiger partial charge in [-0.1, -0.05) is 58.4 Å². The van der Waals surface area contributed by atoms with E-state index in [1.807, 2.05) is 32.9 Å². The van der Waals surface area contributed by atoms with Gasteiger partial charge in [-0.05, 0) is 101 Å². The van der Waals surface area contributed by atoms with E-state index in [4.69, 9.17) is 18.9 Å². The Bertz CT molecular complexity index is 1450. The second kappa shape index (κ2) is 14.9. The fourth-order valence-corrected chi connectivity index (χ4v) is 12.4. The highest BCUT2D eigenvalue weighted by atomic mass is 16.7. The van der Waals surface area contributed by atoms with Crippen molar-refractivity contribution in [1.29, 1.82) is 0 Å². The Kier molecular flexibility index (Phi) is 11.8. The molecular weight excluding hydrogens is 712 g/mol. The molecule has 55 heavy (non-hydrogen) atoms. The fourth-order valence-electron chi connectivity index (χ4n) is 12.4. The third-order valence-corrected chi connectivity index (χ3v) is 16.0. The van der Waals surface area contributed by atoms with E-state index in [1.165, 1.54) is 5.57 Å². The van der Waals surface area contributed by atoms with E-state index in [1.54, 1.807) is 6.92 Å². The summed E-state index contributed by atoms with van der Waals surface area (Å²) in [5, 5.41) is 96.6. The number of allylic oxidation sites excluding steroid dienone is 1. The Morgan fingerprint density at radius 2 is 1.45 bits per heavy atom. The molecule has 6 aliphatic rings.